The summed E-state index contributed by atoms with van der Waals surface area (Å²) in [7, 11) is 0. The minimum Gasteiger partial charge on any atom is -0.322 e. The van der Waals surface area contributed by atoms with Gasteiger partial charge in [0, 0.05) is 54.8 Å². The van der Waals surface area contributed by atoms with Gasteiger partial charge in [0.2, 0.25) is 5.95 Å². The predicted octanol–water partition coefficient (Wildman–Crippen LogP) is 5.80. The summed E-state index contributed by atoms with van der Waals surface area (Å²) in [4.78, 5) is 16.6. The van der Waals surface area contributed by atoms with Gasteiger partial charge in [0.25, 0.3) is 0 Å². The molecular formula is C27H31FN6. The molecule has 34 heavy (non-hydrogen) atoms. The fourth-order valence-electron chi connectivity index (χ4n) is 5.67. The molecule has 0 spiro atoms. The molecule has 3 aromatic heterocycles. The van der Waals surface area contributed by atoms with E-state index in [1.807, 2.05) is 12.3 Å². The molecule has 6 rings (SSSR count). The van der Waals surface area contributed by atoms with Gasteiger partial charge in [-0.2, -0.15) is 4.98 Å². The van der Waals surface area contributed by atoms with Gasteiger partial charge < -0.3 is 9.88 Å². The molecule has 0 saturated heterocycles. The lowest BCUT2D eigenvalue weighted by molar-refractivity contribution is 0.229. The van der Waals surface area contributed by atoms with Crippen molar-refractivity contribution < 1.29 is 4.39 Å². The second-order valence-corrected chi connectivity index (χ2v) is 9.87. The molecular weight excluding hydrogens is 427 g/mol. The average molecular weight is 459 g/mol. The van der Waals surface area contributed by atoms with Crippen LogP contribution in [0.5, 0.6) is 0 Å². The lowest BCUT2D eigenvalue weighted by Gasteiger charge is -2.28. The van der Waals surface area contributed by atoms with E-state index < -0.39 is 0 Å². The molecule has 1 N–H and O–H groups in total. The summed E-state index contributed by atoms with van der Waals surface area (Å²) in [5, 5.41) is 5.66. The Kier molecular flexibility index (Phi) is 5.65. The summed E-state index contributed by atoms with van der Waals surface area (Å²) in [6.07, 6.45) is 7.68. The molecule has 1 aliphatic heterocycles. The average Bonchev–Trinajstić information content (AvgIpc) is 3.18. The summed E-state index contributed by atoms with van der Waals surface area (Å²) in [6, 6.07) is 13.1. The van der Waals surface area contributed by atoms with Crippen LogP contribution in [0.1, 0.15) is 49.9 Å². The maximum Gasteiger partial charge on any atom is 0.230 e. The first-order valence-corrected chi connectivity index (χ1v) is 12.5. The number of nitrogens with zero attached hydrogens (tertiary/aromatic N) is 5. The van der Waals surface area contributed by atoms with E-state index in [1.165, 1.54) is 42.1 Å². The van der Waals surface area contributed by atoms with Crippen LogP contribution in [0.4, 0.5) is 16.2 Å². The Hall–Kier alpha value is -3.06. The molecule has 2 aliphatic rings. The third-order valence-corrected chi connectivity index (χ3v) is 7.57. The Labute approximate surface area is 199 Å². The molecule has 7 heteroatoms. The molecule has 1 aromatic carbocycles. The number of alkyl halides is 1. The number of halogens is 1. The van der Waals surface area contributed by atoms with Crippen LogP contribution in [0, 0.1) is 5.92 Å². The third kappa shape index (κ3) is 3.92. The molecule has 6 nitrogen and oxygen atoms in total. The van der Waals surface area contributed by atoms with Crippen LogP contribution in [-0.2, 0) is 13.0 Å². The highest BCUT2D eigenvalue weighted by Crippen LogP contribution is 2.38. The summed E-state index contributed by atoms with van der Waals surface area (Å²) in [5.41, 5.74) is 4.49. The van der Waals surface area contributed by atoms with Gasteiger partial charge in [-0.1, -0.05) is 31.2 Å². The van der Waals surface area contributed by atoms with Crippen LogP contribution in [-0.4, -0.2) is 44.2 Å². The van der Waals surface area contributed by atoms with Gasteiger partial charge in [-0.3, -0.25) is 4.90 Å². The number of rotatable bonds is 5. The van der Waals surface area contributed by atoms with Gasteiger partial charge in [0.15, 0.2) is 0 Å². The molecule has 1 aliphatic carbocycles. The Morgan fingerprint density at radius 2 is 1.88 bits per heavy atom. The standard InChI is InChI=1S/C27H31FN6/c1-18-6-9-20(10-7-18)34-24-5-3-2-4-21(24)22-16-29-27(32-26(22)34)31-25-11-8-19-17-33(15-13-28)14-12-23(19)30-25/h2-5,8,11,16,18,20H,6-7,9-10,12-15,17H2,1H3,(H,29,30,31,32)/t18-,20-. The molecule has 0 amide bonds. The quantitative estimate of drug-likeness (QED) is 0.409. The number of fused-ring (bicyclic) bond motifs is 4. The molecule has 0 radical (unpaired) electrons. The number of aromatic nitrogens is 4. The molecule has 4 aromatic rings. The summed E-state index contributed by atoms with van der Waals surface area (Å²) in [6.45, 7) is 4.14. The van der Waals surface area contributed by atoms with E-state index in [9.17, 15) is 4.39 Å². The molecule has 1 saturated carbocycles. The maximum absolute atomic E-state index is 12.7. The Balaban J connectivity index is 1.33. The van der Waals surface area contributed by atoms with Gasteiger partial charge in [0.1, 0.15) is 18.1 Å². The van der Waals surface area contributed by atoms with Gasteiger partial charge in [-0.05, 0) is 49.3 Å². The van der Waals surface area contributed by atoms with E-state index in [-0.39, 0.29) is 6.67 Å². The minimum absolute atomic E-state index is 0.307. The van der Waals surface area contributed by atoms with Crippen molar-refractivity contribution in [3.63, 3.8) is 0 Å². The Morgan fingerprint density at radius 3 is 2.74 bits per heavy atom. The largest absolute Gasteiger partial charge is 0.322 e. The van der Waals surface area contributed by atoms with Crippen molar-refractivity contribution in [2.24, 2.45) is 5.92 Å². The van der Waals surface area contributed by atoms with Crippen LogP contribution in [0.25, 0.3) is 21.9 Å². The van der Waals surface area contributed by atoms with Crippen molar-refractivity contribution in [3.05, 3.63) is 53.9 Å². The van der Waals surface area contributed by atoms with E-state index in [4.69, 9.17) is 9.97 Å². The highest BCUT2D eigenvalue weighted by Gasteiger charge is 2.24. The minimum atomic E-state index is -0.307. The molecule has 1 fully saturated rings. The van der Waals surface area contributed by atoms with Gasteiger partial charge >= 0.3 is 0 Å². The number of para-hydroxylation sites is 1. The lowest BCUT2D eigenvalue weighted by Crippen LogP contribution is -2.32. The first-order valence-electron chi connectivity index (χ1n) is 12.5. The van der Waals surface area contributed by atoms with Gasteiger partial charge in [0.05, 0.1) is 5.52 Å². The fourth-order valence-corrected chi connectivity index (χ4v) is 5.67. The summed E-state index contributed by atoms with van der Waals surface area (Å²) < 4.78 is 15.2. The van der Waals surface area contributed by atoms with Crippen molar-refractivity contribution in [1.29, 1.82) is 0 Å². The van der Waals surface area contributed by atoms with E-state index >= 15 is 0 Å². The monoisotopic (exact) mass is 458 g/mol. The summed E-state index contributed by atoms with van der Waals surface area (Å²) >= 11 is 0. The lowest BCUT2D eigenvalue weighted by atomic mass is 9.87. The number of anilines is 2. The van der Waals surface area contributed by atoms with Crippen molar-refractivity contribution in [2.45, 2.75) is 51.6 Å². The fraction of sp³-hybridized carbons (Fsp3) is 0.444. The van der Waals surface area contributed by atoms with Crippen LogP contribution in [0.2, 0.25) is 0 Å². The molecule has 176 valence electrons. The SMILES string of the molecule is C[C@H]1CC[C@H](n2c3ccccc3c3cnc(Nc4ccc5c(n4)CCN(CCF)C5)nc32)CC1. The number of hydrogen-bond acceptors (Lipinski definition) is 5. The van der Waals surface area contributed by atoms with Crippen molar-refractivity contribution in [1.82, 2.24) is 24.4 Å². The summed E-state index contributed by atoms with van der Waals surface area (Å²) in [5.74, 6) is 2.13. The first-order chi connectivity index (χ1) is 16.7. The molecule has 0 unspecified atom stereocenters. The second kappa shape index (κ2) is 8.95. The normalized spacial score (nSPS) is 21.1. The highest BCUT2D eigenvalue weighted by atomic mass is 19.1. The molecule has 4 heterocycles. The van der Waals surface area contributed by atoms with E-state index in [0.717, 1.165) is 48.0 Å². The Bertz CT molecular complexity index is 1320. The highest BCUT2D eigenvalue weighted by molar-refractivity contribution is 6.06. The van der Waals surface area contributed by atoms with Crippen LogP contribution < -0.4 is 5.32 Å². The zero-order chi connectivity index (χ0) is 23.1. The van der Waals surface area contributed by atoms with Crippen LogP contribution in [0.3, 0.4) is 0 Å². The van der Waals surface area contributed by atoms with Crippen molar-refractivity contribution in [2.75, 3.05) is 25.1 Å². The first kappa shape index (κ1) is 21.5. The van der Waals surface area contributed by atoms with Crippen molar-refractivity contribution in [3.8, 4) is 0 Å². The predicted molar refractivity (Wildman–Crippen MR) is 134 cm³/mol. The van der Waals surface area contributed by atoms with Crippen LogP contribution >= 0.6 is 0 Å². The zero-order valence-corrected chi connectivity index (χ0v) is 19.7. The van der Waals surface area contributed by atoms with E-state index in [0.29, 0.717) is 18.5 Å². The smallest absolute Gasteiger partial charge is 0.230 e. The topological polar surface area (TPSA) is 58.9 Å². The number of pyridine rings is 1. The van der Waals surface area contributed by atoms with Gasteiger partial charge in [-0.25, -0.2) is 14.4 Å². The Morgan fingerprint density at radius 1 is 1.03 bits per heavy atom. The zero-order valence-electron chi connectivity index (χ0n) is 19.7. The van der Waals surface area contributed by atoms with Gasteiger partial charge in [-0.15, -0.1) is 0 Å². The number of benzene rings is 1. The maximum atomic E-state index is 12.7. The third-order valence-electron chi connectivity index (χ3n) is 7.57. The molecule has 0 bridgehead atoms. The van der Waals surface area contributed by atoms with Crippen molar-refractivity contribution >= 4 is 33.7 Å². The van der Waals surface area contributed by atoms with Crippen LogP contribution in [0.15, 0.2) is 42.6 Å². The van der Waals surface area contributed by atoms with E-state index in [1.54, 1.807) is 0 Å². The molecule has 0 atom stereocenters. The number of hydrogen-bond donors (Lipinski definition) is 1. The number of nitrogens with one attached hydrogen (secondary N) is 1. The second-order valence-electron chi connectivity index (χ2n) is 9.87. The van der Waals surface area contributed by atoms with E-state index in [2.05, 4.69) is 57.0 Å².